The van der Waals surface area contributed by atoms with Crippen LogP contribution in [-0.4, -0.2) is 23.4 Å². The summed E-state index contributed by atoms with van der Waals surface area (Å²) in [6.45, 7) is 0.992. The van der Waals surface area contributed by atoms with Crippen LogP contribution in [0.5, 0.6) is 5.75 Å². The number of rotatable bonds is 4. The molecule has 0 unspecified atom stereocenters. The molecule has 0 amide bonds. The minimum Gasteiger partial charge on any atom is -0.478 e. The molecule has 8 heteroatoms. The summed E-state index contributed by atoms with van der Waals surface area (Å²) in [5.74, 6) is -2.96. The number of hydrogen-bond acceptors (Lipinski definition) is 4. The zero-order valence-electron chi connectivity index (χ0n) is 9.60. The summed E-state index contributed by atoms with van der Waals surface area (Å²) in [5, 5.41) is 8.86. The van der Waals surface area contributed by atoms with Gasteiger partial charge in [0.25, 0.3) is 0 Å². The lowest BCUT2D eigenvalue weighted by molar-refractivity contribution is -0.274. The summed E-state index contributed by atoms with van der Waals surface area (Å²) in [6, 6.07) is 4.22. The second kappa shape index (κ2) is 5.59. The Balaban J connectivity index is 3.01. The predicted molar refractivity (Wildman–Crippen MR) is 55.3 cm³/mol. The third kappa shape index (κ3) is 4.86. The average molecular weight is 278 g/mol. The molecule has 1 atom stereocenters. The average Bonchev–Trinajstić information content (AvgIpc) is 2.23. The lowest BCUT2D eigenvalue weighted by Gasteiger charge is -2.14. The summed E-state index contributed by atoms with van der Waals surface area (Å²) in [7, 11) is 0. The molecule has 1 N–H and O–H groups in total. The molecule has 0 radical (unpaired) electrons. The number of halogens is 3. The predicted octanol–water partition coefficient (Wildman–Crippen LogP) is 2.27. The molecule has 0 saturated carbocycles. The molecular weight excluding hydrogens is 269 g/mol. The van der Waals surface area contributed by atoms with Gasteiger partial charge in [-0.2, -0.15) is 0 Å². The van der Waals surface area contributed by atoms with Crippen molar-refractivity contribution in [3.8, 4) is 5.75 Å². The SMILES string of the molecule is CC(=O)O[C@@H](C(=O)O)c1cccc(OC(F)(F)F)c1. The molecule has 1 aromatic rings. The van der Waals surface area contributed by atoms with E-state index in [4.69, 9.17) is 5.11 Å². The number of carbonyl (C=O) groups excluding carboxylic acids is 1. The van der Waals surface area contributed by atoms with Crippen molar-refractivity contribution in [2.45, 2.75) is 19.4 Å². The maximum absolute atomic E-state index is 12.0. The van der Waals surface area contributed by atoms with Gasteiger partial charge in [0.15, 0.2) is 0 Å². The highest BCUT2D eigenvalue weighted by Crippen LogP contribution is 2.27. The smallest absolute Gasteiger partial charge is 0.478 e. The van der Waals surface area contributed by atoms with Gasteiger partial charge in [0.1, 0.15) is 5.75 Å². The number of carbonyl (C=O) groups is 2. The second-order valence-electron chi connectivity index (χ2n) is 3.45. The van der Waals surface area contributed by atoms with Crippen LogP contribution in [0.25, 0.3) is 0 Å². The summed E-state index contributed by atoms with van der Waals surface area (Å²) in [5.41, 5.74) is -0.135. The molecule has 104 valence electrons. The van der Waals surface area contributed by atoms with E-state index in [0.717, 1.165) is 25.1 Å². The third-order valence-electron chi connectivity index (χ3n) is 1.90. The molecule has 0 heterocycles. The van der Waals surface area contributed by atoms with E-state index in [0.29, 0.717) is 0 Å². The largest absolute Gasteiger partial charge is 0.573 e. The van der Waals surface area contributed by atoms with Gasteiger partial charge in [-0.3, -0.25) is 4.79 Å². The first-order valence-electron chi connectivity index (χ1n) is 4.95. The standard InChI is InChI=1S/C11H9F3O5/c1-6(15)18-9(10(16)17)7-3-2-4-8(5-7)19-11(12,13)14/h2-5,9H,1H3,(H,16,17)/t9-/m1/s1. The van der Waals surface area contributed by atoms with E-state index in [1.807, 2.05) is 0 Å². The maximum atomic E-state index is 12.0. The fraction of sp³-hybridized carbons (Fsp3) is 0.273. The van der Waals surface area contributed by atoms with Crippen LogP contribution in [0.3, 0.4) is 0 Å². The van der Waals surface area contributed by atoms with Crippen LogP contribution in [0.4, 0.5) is 13.2 Å². The van der Waals surface area contributed by atoms with Gasteiger partial charge in [0, 0.05) is 12.5 Å². The Morgan fingerprint density at radius 1 is 1.32 bits per heavy atom. The van der Waals surface area contributed by atoms with E-state index in [1.165, 1.54) is 6.07 Å². The quantitative estimate of drug-likeness (QED) is 0.855. The molecule has 0 spiro atoms. The number of carboxylic acid groups (broad SMARTS) is 1. The lowest BCUT2D eigenvalue weighted by Crippen LogP contribution is -2.19. The summed E-state index contributed by atoms with van der Waals surface area (Å²) in [4.78, 5) is 21.6. The summed E-state index contributed by atoms with van der Waals surface area (Å²) < 4.78 is 44.2. The van der Waals surface area contributed by atoms with E-state index < -0.39 is 30.2 Å². The van der Waals surface area contributed by atoms with Crippen molar-refractivity contribution in [3.05, 3.63) is 29.8 Å². The summed E-state index contributed by atoms with van der Waals surface area (Å²) in [6.07, 6.45) is -6.58. The molecule has 0 saturated heterocycles. The van der Waals surface area contributed by atoms with Crippen LogP contribution < -0.4 is 4.74 Å². The van der Waals surface area contributed by atoms with Crippen molar-refractivity contribution in [2.24, 2.45) is 0 Å². The molecule has 5 nitrogen and oxygen atoms in total. The number of ether oxygens (including phenoxy) is 2. The van der Waals surface area contributed by atoms with Crippen molar-refractivity contribution in [1.29, 1.82) is 0 Å². The van der Waals surface area contributed by atoms with Gasteiger partial charge in [0.05, 0.1) is 0 Å². The van der Waals surface area contributed by atoms with Crippen LogP contribution in [0.1, 0.15) is 18.6 Å². The molecule has 0 aromatic heterocycles. The number of esters is 1. The highest BCUT2D eigenvalue weighted by Gasteiger charge is 2.32. The molecule has 19 heavy (non-hydrogen) atoms. The molecule has 0 bridgehead atoms. The van der Waals surface area contributed by atoms with Crippen molar-refractivity contribution in [3.63, 3.8) is 0 Å². The Morgan fingerprint density at radius 2 is 1.95 bits per heavy atom. The van der Waals surface area contributed by atoms with Crippen molar-refractivity contribution >= 4 is 11.9 Å². The van der Waals surface area contributed by atoms with Crippen LogP contribution >= 0.6 is 0 Å². The number of benzene rings is 1. The number of aliphatic carboxylic acids is 1. The first kappa shape index (κ1) is 14.8. The van der Waals surface area contributed by atoms with Crippen LogP contribution in [0.2, 0.25) is 0 Å². The Kier molecular flexibility index (Phi) is 4.36. The van der Waals surface area contributed by atoms with E-state index in [9.17, 15) is 22.8 Å². The number of hydrogen-bond donors (Lipinski definition) is 1. The zero-order chi connectivity index (χ0) is 14.6. The molecule has 0 fully saturated rings. The lowest BCUT2D eigenvalue weighted by atomic mass is 10.1. The van der Waals surface area contributed by atoms with Gasteiger partial charge in [0.2, 0.25) is 6.10 Å². The molecule has 1 rings (SSSR count). The van der Waals surface area contributed by atoms with Crippen LogP contribution in [-0.2, 0) is 14.3 Å². The molecule has 0 aliphatic carbocycles. The van der Waals surface area contributed by atoms with Gasteiger partial charge in [-0.25, -0.2) is 4.79 Å². The first-order valence-corrected chi connectivity index (χ1v) is 4.95. The third-order valence-corrected chi connectivity index (χ3v) is 1.90. The topological polar surface area (TPSA) is 72.8 Å². The van der Waals surface area contributed by atoms with Crippen molar-refractivity contribution < 1.29 is 37.3 Å². The van der Waals surface area contributed by atoms with Gasteiger partial charge in [-0.05, 0) is 12.1 Å². The van der Waals surface area contributed by atoms with Gasteiger partial charge < -0.3 is 14.6 Å². The fourth-order valence-corrected chi connectivity index (χ4v) is 1.30. The maximum Gasteiger partial charge on any atom is 0.573 e. The van der Waals surface area contributed by atoms with Gasteiger partial charge in [-0.1, -0.05) is 12.1 Å². The second-order valence-corrected chi connectivity index (χ2v) is 3.45. The minimum absolute atomic E-state index is 0.135. The Morgan fingerprint density at radius 3 is 2.42 bits per heavy atom. The minimum atomic E-state index is -4.89. The van der Waals surface area contributed by atoms with Crippen molar-refractivity contribution in [2.75, 3.05) is 0 Å². The van der Waals surface area contributed by atoms with Crippen molar-refractivity contribution in [1.82, 2.24) is 0 Å². The monoisotopic (exact) mass is 278 g/mol. The zero-order valence-corrected chi connectivity index (χ0v) is 9.60. The molecule has 0 aliphatic heterocycles. The van der Waals surface area contributed by atoms with Crippen LogP contribution in [0.15, 0.2) is 24.3 Å². The Labute approximate surface area is 105 Å². The summed E-state index contributed by atoms with van der Waals surface area (Å²) >= 11 is 0. The molecule has 0 aliphatic rings. The normalized spacial score (nSPS) is 12.6. The van der Waals surface area contributed by atoms with E-state index in [2.05, 4.69) is 9.47 Å². The number of alkyl halides is 3. The van der Waals surface area contributed by atoms with Gasteiger partial charge >= 0.3 is 18.3 Å². The Hall–Kier alpha value is -2.25. The molecular formula is C11H9F3O5. The molecule has 1 aromatic carbocycles. The van der Waals surface area contributed by atoms with Crippen LogP contribution in [0, 0.1) is 0 Å². The number of carboxylic acids is 1. The van der Waals surface area contributed by atoms with E-state index in [1.54, 1.807) is 0 Å². The van der Waals surface area contributed by atoms with Gasteiger partial charge in [-0.15, -0.1) is 13.2 Å². The Bertz CT molecular complexity index is 483. The van der Waals surface area contributed by atoms with E-state index >= 15 is 0 Å². The highest BCUT2D eigenvalue weighted by molar-refractivity contribution is 5.78. The highest BCUT2D eigenvalue weighted by atomic mass is 19.4. The fourth-order valence-electron chi connectivity index (χ4n) is 1.30. The van der Waals surface area contributed by atoms with E-state index in [-0.39, 0.29) is 5.56 Å². The first-order chi connectivity index (χ1) is 8.69.